The fraction of sp³-hybridized carbons (Fsp3) is 0.261. The Morgan fingerprint density at radius 2 is 1.53 bits per heavy atom. The van der Waals surface area contributed by atoms with Crippen LogP contribution in [0.3, 0.4) is 0 Å². The van der Waals surface area contributed by atoms with Crippen molar-refractivity contribution in [3.63, 3.8) is 0 Å². The summed E-state index contributed by atoms with van der Waals surface area (Å²) in [6.45, 7) is 2.66. The Bertz CT molecular complexity index is 1420. The molecule has 0 saturated carbocycles. The second kappa shape index (κ2) is 11.0. The van der Waals surface area contributed by atoms with Crippen LogP contribution in [0.15, 0.2) is 48.7 Å². The van der Waals surface area contributed by atoms with Crippen molar-refractivity contribution in [2.24, 2.45) is 5.41 Å². The number of hydrogen-bond donors (Lipinski definition) is 3. The molecule has 3 amide bonds. The minimum absolute atomic E-state index is 0.0341. The lowest BCUT2D eigenvalue weighted by molar-refractivity contribution is -0.128. The molecule has 8 nitrogen and oxygen atoms in total. The summed E-state index contributed by atoms with van der Waals surface area (Å²) in [5, 5.41) is 5.42. The van der Waals surface area contributed by atoms with Crippen LogP contribution in [0.4, 0.5) is 38.1 Å². The Hall–Kier alpha value is -3.59. The van der Waals surface area contributed by atoms with Gasteiger partial charge in [-0.05, 0) is 36.2 Å². The van der Waals surface area contributed by atoms with Gasteiger partial charge in [0, 0.05) is 35.5 Å². The van der Waals surface area contributed by atoms with E-state index >= 15 is 0 Å². The lowest BCUT2D eigenvalue weighted by Gasteiger charge is -2.23. The van der Waals surface area contributed by atoms with E-state index in [1.165, 1.54) is 25.2 Å². The predicted octanol–water partition coefficient (Wildman–Crippen LogP) is 5.66. The number of nitrogens with one attached hydrogen (secondary N) is 3. The molecule has 1 heterocycles. The number of carbonyl (C=O) groups excluding carboxylic acids is 2. The van der Waals surface area contributed by atoms with E-state index in [4.69, 9.17) is 0 Å². The standard InChI is InChI=1S/C23H21F5N4O4S2/c1-22(2,20(33)32-38(35,36)23(26,27)28)8-7-19-29-12-18(37-19)13-3-5-16(6-4-13)30-21(34)31-17-10-14(24)9-15(25)11-17/h3-6,9-12H,7-8H2,1-2H3,(H,32,33)(H2,30,31,34). The molecule has 3 N–H and O–H groups in total. The van der Waals surface area contributed by atoms with Gasteiger partial charge in [-0.3, -0.25) is 4.79 Å². The van der Waals surface area contributed by atoms with Gasteiger partial charge in [0.05, 0.1) is 9.88 Å². The smallest absolute Gasteiger partial charge is 0.308 e. The second-order valence-electron chi connectivity index (χ2n) is 8.70. The molecule has 3 rings (SSSR count). The van der Waals surface area contributed by atoms with Crippen molar-refractivity contribution in [2.45, 2.75) is 32.2 Å². The maximum Gasteiger partial charge on any atom is 0.516 e. The molecule has 1 aromatic heterocycles. The van der Waals surface area contributed by atoms with E-state index in [9.17, 15) is 40.0 Å². The third-order valence-electron chi connectivity index (χ3n) is 5.21. The number of benzene rings is 2. The Balaban J connectivity index is 1.57. The molecule has 0 aliphatic rings. The molecule has 0 atom stereocenters. The van der Waals surface area contributed by atoms with Gasteiger partial charge in [-0.2, -0.15) is 21.6 Å². The first kappa shape index (κ1) is 29.0. The maximum atomic E-state index is 13.3. The topological polar surface area (TPSA) is 117 Å². The molecule has 2 aromatic carbocycles. The Kier molecular flexibility index (Phi) is 8.41. The summed E-state index contributed by atoms with van der Waals surface area (Å²) < 4.78 is 87.6. The van der Waals surface area contributed by atoms with Crippen molar-refractivity contribution in [1.82, 2.24) is 9.71 Å². The molecule has 0 spiro atoms. The predicted molar refractivity (Wildman–Crippen MR) is 132 cm³/mol. The van der Waals surface area contributed by atoms with E-state index < -0.39 is 44.5 Å². The first-order valence-electron chi connectivity index (χ1n) is 10.8. The number of urea groups is 1. The Morgan fingerprint density at radius 1 is 0.947 bits per heavy atom. The summed E-state index contributed by atoms with van der Waals surface area (Å²) in [4.78, 5) is 29.2. The Labute approximate surface area is 218 Å². The molecule has 204 valence electrons. The molecule has 0 aliphatic carbocycles. The lowest BCUT2D eigenvalue weighted by Crippen LogP contribution is -2.46. The van der Waals surface area contributed by atoms with Crippen LogP contribution in [0.25, 0.3) is 10.4 Å². The van der Waals surface area contributed by atoms with Gasteiger partial charge in [0.1, 0.15) is 11.6 Å². The molecular weight excluding hydrogens is 555 g/mol. The average molecular weight is 577 g/mol. The molecular formula is C23H21F5N4O4S2. The average Bonchev–Trinajstić information content (AvgIpc) is 3.25. The van der Waals surface area contributed by atoms with E-state index in [2.05, 4.69) is 15.6 Å². The number of aryl methyl sites for hydroxylation is 1. The number of nitrogens with zero attached hydrogens (tertiary/aromatic N) is 1. The van der Waals surface area contributed by atoms with Crippen LogP contribution in [-0.4, -0.2) is 30.8 Å². The second-order valence-corrected chi connectivity index (χ2v) is 11.5. The third-order valence-corrected chi connectivity index (χ3v) is 7.38. The monoisotopic (exact) mass is 576 g/mol. The van der Waals surface area contributed by atoms with Crippen molar-refractivity contribution in [2.75, 3.05) is 10.6 Å². The number of anilines is 2. The van der Waals surface area contributed by atoms with Crippen molar-refractivity contribution < 1.29 is 40.0 Å². The van der Waals surface area contributed by atoms with Gasteiger partial charge in [-0.1, -0.05) is 26.0 Å². The van der Waals surface area contributed by atoms with Crippen LogP contribution >= 0.6 is 11.3 Å². The number of halogens is 5. The molecule has 0 aliphatic heterocycles. The van der Waals surface area contributed by atoms with Gasteiger partial charge >= 0.3 is 21.6 Å². The van der Waals surface area contributed by atoms with Crippen LogP contribution < -0.4 is 15.4 Å². The van der Waals surface area contributed by atoms with Crippen LogP contribution in [0.5, 0.6) is 0 Å². The molecule has 15 heteroatoms. The van der Waals surface area contributed by atoms with E-state index in [0.717, 1.165) is 27.3 Å². The highest BCUT2D eigenvalue weighted by atomic mass is 32.2. The fourth-order valence-electron chi connectivity index (χ4n) is 3.05. The molecule has 0 unspecified atom stereocenters. The van der Waals surface area contributed by atoms with Gasteiger partial charge < -0.3 is 10.6 Å². The van der Waals surface area contributed by atoms with Crippen LogP contribution in [0.1, 0.15) is 25.3 Å². The maximum absolute atomic E-state index is 13.3. The summed E-state index contributed by atoms with van der Waals surface area (Å²) in [6, 6.07) is 8.45. The molecule has 0 radical (unpaired) electrons. The number of rotatable bonds is 8. The molecule has 0 fully saturated rings. The zero-order valence-electron chi connectivity index (χ0n) is 19.8. The number of hydrogen-bond acceptors (Lipinski definition) is 6. The largest absolute Gasteiger partial charge is 0.516 e. The zero-order chi connectivity index (χ0) is 28.3. The van der Waals surface area contributed by atoms with Crippen molar-refractivity contribution in [3.05, 3.63) is 65.3 Å². The van der Waals surface area contributed by atoms with Crippen LogP contribution in [0, 0.1) is 17.0 Å². The number of alkyl halides is 3. The van der Waals surface area contributed by atoms with Gasteiger partial charge in [0.25, 0.3) is 0 Å². The van der Waals surface area contributed by atoms with Crippen molar-refractivity contribution in [3.8, 4) is 10.4 Å². The number of aromatic nitrogens is 1. The highest BCUT2D eigenvalue weighted by Crippen LogP contribution is 2.31. The summed E-state index contributed by atoms with van der Waals surface area (Å²) in [5.74, 6) is -2.95. The van der Waals surface area contributed by atoms with Gasteiger partial charge in [-0.25, -0.2) is 23.3 Å². The molecule has 3 aromatic rings. The first-order valence-corrected chi connectivity index (χ1v) is 13.1. The van der Waals surface area contributed by atoms with E-state index in [-0.39, 0.29) is 18.5 Å². The Morgan fingerprint density at radius 3 is 2.11 bits per heavy atom. The quantitative estimate of drug-likeness (QED) is 0.300. The highest BCUT2D eigenvalue weighted by Gasteiger charge is 2.48. The van der Waals surface area contributed by atoms with Crippen LogP contribution in [0.2, 0.25) is 0 Å². The summed E-state index contributed by atoms with van der Waals surface area (Å²) in [5.41, 5.74) is -5.94. The number of amides is 3. The number of thiazole rings is 1. The zero-order valence-corrected chi connectivity index (χ0v) is 21.5. The van der Waals surface area contributed by atoms with Gasteiger partial charge in [-0.15, -0.1) is 11.3 Å². The molecule has 38 heavy (non-hydrogen) atoms. The van der Waals surface area contributed by atoms with E-state index in [1.54, 1.807) is 30.5 Å². The van der Waals surface area contributed by atoms with Crippen molar-refractivity contribution >= 4 is 44.7 Å². The highest BCUT2D eigenvalue weighted by molar-refractivity contribution is 7.90. The minimum Gasteiger partial charge on any atom is -0.308 e. The third kappa shape index (κ3) is 7.47. The van der Waals surface area contributed by atoms with Crippen molar-refractivity contribution in [1.29, 1.82) is 0 Å². The molecule has 0 saturated heterocycles. The summed E-state index contributed by atoms with van der Waals surface area (Å²) >= 11 is 1.27. The summed E-state index contributed by atoms with van der Waals surface area (Å²) in [6.07, 6.45) is 1.80. The number of sulfonamides is 1. The first-order chi connectivity index (χ1) is 17.6. The van der Waals surface area contributed by atoms with E-state index in [1.807, 2.05) is 0 Å². The summed E-state index contributed by atoms with van der Waals surface area (Å²) in [7, 11) is -5.80. The lowest BCUT2D eigenvalue weighted by atomic mass is 9.87. The van der Waals surface area contributed by atoms with Gasteiger partial charge in [0.15, 0.2) is 0 Å². The number of carbonyl (C=O) groups is 2. The van der Waals surface area contributed by atoms with Crippen LogP contribution in [-0.2, 0) is 21.2 Å². The molecule has 0 bridgehead atoms. The SMILES string of the molecule is CC(C)(CCc1ncc(-c2ccc(NC(=O)Nc3cc(F)cc(F)c3)cc2)s1)C(=O)NS(=O)(=O)C(F)(F)F. The van der Waals surface area contributed by atoms with Gasteiger partial charge in [0.2, 0.25) is 5.91 Å². The minimum atomic E-state index is -5.80. The normalized spacial score (nSPS) is 12.2. The van der Waals surface area contributed by atoms with E-state index in [0.29, 0.717) is 16.8 Å². The fourth-order valence-corrected chi connectivity index (χ4v) is 4.61.